The lowest BCUT2D eigenvalue weighted by Crippen LogP contribution is -2.16. The van der Waals surface area contributed by atoms with E-state index < -0.39 is 6.10 Å². The van der Waals surface area contributed by atoms with Crippen molar-refractivity contribution < 1.29 is 9.52 Å². The highest BCUT2D eigenvalue weighted by molar-refractivity contribution is 5.77. The van der Waals surface area contributed by atoms with Crippen LogP contribution in [-0.2, 0) is 0 Å². The molecule has 3 heteroatoms. The number of rotatable bonds is 3. The van der Waals surface area contributed by atoms with Crippen LogP contribution < -0.4 is 5.32 Å². The van der Waals surface area contributed by atoms with Crippen LogP contribution in [0.2, 0.25) is 0 Å². The molecule has 1 aromatic carbocycles. The second-order valence-electron chi connectivity index (χ2n) is 3.29. The summed E-state index contributed by atoms with van der Waals surface area (Å²) in [5, 5.41) is 13.7. The van der Waals surface area contributed by atoms with Gasteiger partial charge in [0.2, 0.25) is 0 Å². The molecule has 1 aromatic heterocycles. The second kappa shape index (κ2) is 3.82. The summed E-state index contributed by atoms with van der Waals surface area (Å²) in [4.78, 5) is 0. The molecule has 1 atom stereocenters. The standard InChI is InChI=1S/C11H13NO2/c1-12-7-10(13)9-3-2-8-4-5-14-11(8)6-9/h2-6,10,12-13H,7H2,1H3/t10-/m0/s1. The van der Waals surface area contributed by atoms with Gasteiger partial charge < -0.3 is 14.8 Å². The topological polar surface area (TPSA) is 45.4 Å². The lowest BCUT2D eigenvalue weighted by atomic mass is 10.1. The van der Waals surface area contributed by atoms with Crippen molar-refractivity contribution in [1.29, 1.82) is 0 Å². The van der Waals surface area contributed by atoms with Gasteiger partial charge in [0.15, 0.2) is 0 Å². The van der Waals surface area contributed by atoms with E-state index in [1.807, 2.05) is 31.3 Å². The fourth-order valence-electron chi connectivity index (χ4n) is 1.49. The van der Waals surface area contributed by atoms with Gasteiger partial charge in [-0.3, -0.25) is 0 Å². The molecule has 0 amide bonds. The van der Waals surface area contributed by atoms with Crippen LogP contribution in [0.15, 0.2) is 34.9 Å². The zero-order chi connectivity index (χ0) is 9.97. The third-order valence-corrected chi connectivity index (χ3v) is 2.26. The number of benzene rings is 1. The first-order valence-electron chi connectivity index (χ1n) is 4.61. The summed E-state index contributed by atoms with van der Waals surface area (Å²) in [6, 6.07) is 7.65. The zero-order valence-corrected chi connectivity index (χ0v) is 8.03. The Bertz CT molecular complexity index is 422. The molecule has 0 aliphatic rings. The number of aliphatic hydroxyl groups excluding tert-OH is 1. The van der Waals surface area contributed by atoms with E-state index in [1.54, 1.807) is 6.26 Å². The number of hydrogen-bond acceptors (Lipinski definition) is 3. The Morgan fingerprint density at radius 1 is 1.43 bits per heavy atom. The average molecular weight is 191 g/mol. The number of furan rings is 1. The van der Waals surface area contributed by atoms with Crippen LogP contribution >= 0.6 is 0 Å². The fraction of sp³-hybridized carbons (Fsp3) is 0.273. The van der Waals surface area contributed by atoms with Gasteiger partial charge in [-0.2, -0.15) is 0 Å². The Morgan fingerprint density at radius 3 is 3.07 bits per heavy atom. The van der Waals surface area contributed by atoms with Crippen molar-refractivity contribution >= 4 is 11.0 Å². The van der Waals surface area contributed by atoms with Gasteiger partial charge in [-0.1, -0.05) is 12.1 Å². The molecule has 2 N–H and O–H groups in total. The minimum atomic E-state index is -0.477. The van der Waals surface area contributed by atoms with E-state index in [2.05, 4.69) is 5.32 Å². The lowest BCUT2D eigenvalue weighted by molar-refractivity contribution is 0.178. The summed E-state index contributed by atoms with van der Waals surface area (Å²) >= 11 is 0. The van der Waals surface area contributed by atoms with Gasteiger partial charge in [0, 0.05) is 11.9 Å². The van der Waals surface area contributed by atoms with Gasteiger partial charge in [0.05, 0.1) is 12.4 Å². The van der Waals surface area contributed by atoms with Crippen LogP contribution in [0.25, 0.3) is 11.0 Å². The first-order chi connectivity index (χ1) is 6.81. The molecule has 0 bridgehead atoms. The molecule has 0 spiro atoms. The van der Waals surface area contributed by atoms with E-state index in [1.165, 1.54) is 0 Å². The fourth-order valence-corrected chi connectivity index (χ4v) is 1.49. The van der Waals surface area contributed by atoms with Crippen molar-refractivity contribution in [2.24, 2.45) is 0 Å². The molecule has 3 nitrogen and oxygen atoms in total. The third-order valence-electron chi connectivity index (χ3n) is 2.26. The molecule has 0 saturated carbocycles. The van der Waals surface area contributed by atoms with Crippen LogP contribution in [0.4, 0.5) is 0 Å². The molecule has 0 fully saturated rings. The van der Waals surface area contributed by atoms with Crippen LogP contribution in [-0.4, -0.2) is 18.7 Å². The summed E-state index contributed by atoms with van der Waals surface area (Å²) in [7, 11) is 1.81. The second-order valence-corrected chi connectivity index (χ2v) is 3.29. The maximum Gasteiger partial charge on any atom is 0.134 e. The molecule has 0 saturated heterocycles. The van der Waals surface area contributed by atoms with Crippen molar-refractivity contribution in [2.75, 3.05) is 13.6 Å². The van der Waals surface area contributed by atoms with Gasteiger partial charge in [-0.25, -0.2) is 0 Å². The molecular formula is C11H13NO2. The highest BCUT2D eigenvalue weighted by atomic mass is 16.3. The van der Waals surface area contributed by atoms with Crippen LogP contribution in [0.1, 0.15) is 11.7 Å². The van der Waals surface area contributed by atoms with Crippen molar-refractivity contribution in [3.05, 3.63) is 36.1 Å². The number of nitrogens with one attached hydrogen (secondary N) is 1. The summed E-state index contributed by atoms with van der Waals surface area (Å²) in [5.41, 5.74) is 1.69. The molecule has 1 heterocycles. The van der Waals surface area contributed by atoms with Crippen molar-refractivity contribution in [3.8, 4) is 0 Å². The minimum Gasteiger partial charge on any atom is -0.464 e. The van der Waals surface area contributed by atoms with Crippen molar-refractivity contribution in [1.82, 2.24) is 5.32 Å². The smallest absolute Gasteiger partial charge is 0.134 e. The Morgan fingerprint density at radius 2 is 2.29 bits per heavy atom. The Labute approximate surface area is 82.3 Å². The van der Waals surface area contributed by atoms with Gasteiger partial charge in [-0.05, 0) is 24.7 Å². The predicted octanol–water partition coefficient (Wildman–Crippen LogP) is 1.69. The third kappa shape index (κ3) is 1.64. The largest absolute Gasteiger partial charge is 0.464 e. The molecule has 74 valence electrons. The first-order valence-corrected chi connectivity index (χ1v) is 4.61. The van der Waals surface area contributed by atoms with Crippen LogP contribution in [0, 0.1) is 0 Å². The lowest BCUT2D eigenvalue weighted by Gasteiger charge is -2.09. The number of likely N-dealkylation sites (N-methyl/N-ethyl adjacent to an activating group) is 1. The molecule has 0 aliphatic carbocycles. The summed E-state index contributed by atoms with van der Waals surface area (Å²) in [6.07, 6.45) is 1.17. The van der Waals surface area contributed by atoms with Crippen LogP contribution in [0.3, 0.4) is 0 Å². The Hall–Kier alpha value is -1.32. The molecular weight excluding hydrogens is 178 g/mol. The van der Waals surface area contributed by atoms with Crippen molar-refractivity contribution in [2.45, 2.75) is 6.10 Å². The number of aliphatic hydroxyl groups is 1. The normalized spacial score (nSPS) is 13.3. The molecule has 2 rings (SSSR count). The number of fused-ring (bicyclic) bond motifs is 1. The summed E-state index contributed by atoms with van der Waals surface area (Å²) < 4.78 is 5.26. The van der Waals surface area contributed by atoms with Gasteiger partial charge >= 0.3 is 0 Å². The van der Waals surface area contributed by atoms with Crippen molar-refractivity contribution in [3.63, 3.8) is 0 Å². The van der Waals surface area contributed by atoms with Gasteiger partial charge in [0.25, 0.3) is 0 Å². The zero-order valence-electron chi connectivity index (χ0n) is 8.03. The van der Waals surface area contributed by atoms with E-state index >= 15 is 0 Å². The van der Waals surface area contributed by atoms with E-state index in [9.17, 15) is 5.11 Å². The molecule has 0 radical (unpaired) electrons. The highest BCUT2D eigenvalue weighted by Gasteiger charge is 2.07. The maximum atomic E-state index is 9.71. The summed E-state index contributed by atoms with van der Waals surface area (Å²) in [5.74, 6) is 0. The first kappa shape index (κ1) is 9.24. The van der Waals surface area contributed by atoms with Gasteiger partial charge in [0.1, 0.15) is 5.58 Å². The molecule has 0 unspecified atom stereocenters. The monoisotopic (exact) mass is 191 g/mol. The molecule has 0 aliphatic heterocycles. The average Bonchev–Trinajstić information content (AvgIpc) is 2.64. The van der Waals surface area contributed by atoms with Crippen LogP contribution in [0.5, 0.6) is 0 Å². The minimum absolute atomic E-state index is 0.477. The maximum absolute atomic E-state index is 9.71. The molecule has 14 heavy (non-hydrogen) atoms. The van der Waals surface area contributed by atoms with Gasteiger partial charge in [-0.15, -0.1) is 0 Å². The molecule has 2 aromatic rings. The number of hydrogen-bond donors (Lipinski definition) is 2. The quantitative estimate of drug-likeness (QED) is 0.776. The van der Waals surface area contributed by atoms with E-state index in [-0.39, 0.29) is 0 Å². The Kier molecular flexibility index (Phi) is 2.52. The Balaban J connectivity index is 2.33. The highest BCUT2D eigenvalue weighted by Crippen LogP contribution is 2.20. The predicted molar refractivity (Wildman–Crippen MR) is 55.1 cm³/mol. The SMILES string of the molecule is CNC[C@H](O)c1ccc2ccoc2c1. The van der Waals surface area contributed by atoms with E-state index in [0.717, 1.165) is 16.5 Å². The van der Waals surface area contributed by atoms with E-state index in [4.69, 9.17) is 4.42 Å². The van der Waals surface area contributed by atoms with E-state index in [0.29, 0.717) is 6.54 Å². The summed E-state index contributed by atoms with van der Waals surface area (Å²) in [6.45, 7) is 0.548.